The van der Waals surface area contributed by atoms with E-state index in [9.17, 15) is 9.59 Å². The van der Waals surface area contributed by atoms with E-state index in [1.165, 1.54) is 0 Å². The van der Waals surface area contributed by atoms with Crippen LogP contribution in [0.1, 0.15) is 50.4 Å². The fourth-order valence-corrected chi connectivity index (χ4v) is 5.48. The number of benzene rings is 1. The number of amides is 1. The summed E-state index contributed by atoms with van der Waals surface area (Å²) in [6.45, 7) is 7.69. The minimum absolute atomic E-state index is 0.0710. The number of carboxylic acids is 1. The van der Waals surface area contributed by atoms with Crippen LogP contribution in [0, 0.1) is 10.8 Å². The Balaban J connectivity index is 1.62. The fraction of sp³-hybridized carbons (Fsp3) is 0.524. The minimum atomic E-state index is -0.872. The lowest BCUT2D eigenvalue weighted by atomic mass is 9.65. The van der Waals surface area contributed by atoms with E-state index < -0.39 is 5.97 Å². The Morgan fingerprint density at radius 3 is 2.69 bits per heavy atom. The van der Waals surface area contributed by atoms with Crippen molar-refractivity contribution in [2.75, 3.05) is 6.54 Å². The first kappa shape index (κ1) is 17.1. The van der Waals surface area contributed by atoms with Crippen LogP contribution in [0.15, 0.2) is 30.5 Å². The number of carbonyl (C=O) groups excluding carboxylic acids is 1. The molecule has 0 spiro atoms. The highest BCUT2D eigenvalue weighted by atomic mass is 16.4. The third-order valence-electron chi connectivity index (χ3n) is 6.00. The first-order valence-electron chi connectivity index (χ1n) is 9.28. The molecule has 1 aliphatic carbocycles. The van der Waals surface area contributed by atoms with Gasteiger partial charge in [-0.25, -0.2) is 0 Å². The normalized spacial score (nSPS) is 27.0. The minimum Gasteiger partial charge on any atom is -0.480 e. The van der Waals surface area contributed by atoms with Crippen LogP contribution in [0.2, 0.25) is 0 Å². The Morgan fingerprint density at radius 1 is 1.19 bits per heavy atom. The van der Waals surface area contributed by atoms with Crippen molar-refractivity contribution in [2.45, 2.75) is 52.6 Å². The Morgan fingerprint density at radius 2 is 1.96 bits per heavy atom. The van der Waals surface area contributed by atoms with Crippen LogP contribution < -0.4 is 0 Å². The van der Waals surface area contributed by atoms with Crippen molar-refractivity contribution in [1.82, 2.24) is 9.47 Å². The molecule has 2 aromatic rings. The number of fused-ring (bicyclic) bond motifs is 3. The molecule has 1 saturated heterocycles. The van der Waals surface area contributed by atoms with Crippen molar-refractivity contribution in [3.63, 3.8) is 0 Å². The standard InChI is InChI=1S/C21H26N2O3/c1-20(2)9-16-10-21(3,12-20)13-23(16)19(26)15-4-5-17-14(8-15)6-7-22(17)11-18(24)25/h4-8,16H,9-13H2,1-3H3,(H,24,25). The Kier molecular flexibility index (Phi) is 3.69. The second kappa shape index (κ2) is 5.60. The summed E-state index contributed by atoms with van der Waals surface area (Å²) in [5, 5.41) is 9.91. The number of carbonyl (C=O) groups is 2. The quantitative estimate of drug-likeness (QED) is 0.913. The van der Waals surface area contributed by atoms with Crippen LogP contribution in [0.25, 0.3) is 10.9 Å². The summed E-state index contributed by atoms with van der Waals surface area (Å²) in [5.74, 6) is -0.771. The lowest BCUT2D eigenvalue weighted by molar-refractivity contribution is -0.137. The molecule has 5 nitrogen and oxygen atoms in total. The Bertz CT molecular complexity index is 898. The Labute approximate surface area is 153 Å². The number of likely N-dealkylation sites (tertiary alicyclic amines) is 1. The number of hydrogen-bond acceptors (Lipinski definition) is 2. The first-order valence-corrected chi connectivity index (χ1v) is 9.28. The van der Waals surface area contributed by atoms with Gasteiger partial charge in [-0.2, -0.15) is 0 Å². The fourth-order valence-electron chi connectivity index (χ4n) is 5.48. The van der Waals surface area contributed by atoms with Gasteiger partial charge in [0.2, 0.25) is 0 Å². The second-order valence-electron chi connectivity index (χ2n) is 9.26. The van der Waals surface area contributed by atoms with Gasteiger partial charge in [-0.3, -0.25) is 9.59 Å². The molecule has 0 radical (unpaired) electrons. The number of nitrogens with zero attached hydrogens (tertiary/aromatic N) is 2. The zero-order valence-electron chi connectivity index (χ0n) is 15.7. The van der Waals surface area contributed by atoms with Gasteiger partial charge >= 0.3 is 5.97 Å². The zero-order chi connectivity index (χ0) is 18.7. The summed E-state index contributed by atoms with van der Waals surface area (Å²) < 4.78 is 1.69. The molecular weight excluding hydrogens is 328 g/mol. The van der Waals surface area contributed by atoms with E-state index in [1.54, 1.807) is 10.8 Å². The molecule has 2 atom stereocenters. The lowest BCUT2D eigenvalue weighted by Crippen LogP contribution is -2.37. The highest BCUT2D eigenvalue weighted by Gasteiger charge is 2.51. The average molecular weight is 354 g/mol. The van der Waals surface area contributed by atoms with Gasteiger partial charge in [-0.15, -0.1) is 0 Å². The SMILES string of the molecule is CC1(C)CC2CC(C)(CN2C(=O)c2ccc3c(ccn3CC(=O)O)c2)C1. The molecule has 5 heteroatoms. The Hall–Kier alpha value is -2.30. The highest BCUT2D eigenvalue weighted by Crippen LogP contribution is 2.52. The van der Waals surface area contributed by atoms with Gasteiger partial charge in [0.15, 0.2) is 0 Å². The van der Waals surface area contributed by atoms with Crippen molar-refractivity contribution >= 4 is 22.8 Å². The third kappa shape index (κ3) is 2.89. The maximum Gasteiger partial charge on any atom is 0.323 e. The van der Waals surface area contributed by atoms with E-state index >= 15 is 0 Å². The number of aliphatic carboxylic acids is 1. The van der Waals surface area contributed by atoms with Gasteiger partial charge in [-0.1, -0.05) is 20.8 Å². The van der Waals surface area contributed by atoms with Gasteiger partial charge in [0.05, 0.1) is 0 Å². The van der Waals surface area contributed by atoms with E-state index in [4.69, 9.17) is 5.11 Å². The largest absolute Gasteiger partial charge is 0.480 e. The van der Waals surface area contributed by atoms with Crippen LogP contribution in [0.4, 0.5) is 0 Å². The predicted octanol–water partition coefficient (Wildman–Crippen LogP) is 3.77. The summed E-state index contributed by atoms with van der Waals surface area (Å²) in [6.07, 6.45) is 5.09. The highest BCUT2D eigenvalue weighted by molar-refractivity contribution is 5.98. The number of hydrogen-bond donors (Lipinski definition) is 1. The van der Waals surface area contributed by atoms with Gasteiger partial charge in [0.25, 0.3) is 5.91 Å². The molecule has 1 aliphatic heterocycles. The predicted molar refractivity (Wildman–Crippen MR) is 100 cm³/mol. The van der Waals surface area contributed by atoms with Gasteiger partial charge < -0.3 is 14.6 Å². The molecule has 26 heavy (non-hydrogen) atoms. The van der Waals surface area contributed by atoms with Crippen LogP contribution in [-0.4, -0.2) is 39.0 Å². The topological polar surface area (TPSA) is 62.5 Å². The second-order valence-corrected chi connectivity index (χ2v) is 9.26. The summed E-state index contributed by atoms with van der Waals surface area (Å²) in [6, 6.07) is 7.79. The van der Waals surface area contributed by atoms with Crippen molar-refractivity contribution in [3.05, 3.63) is 36.0 Å². The van der Waals surface area contributed by atoms with E-state index in [2.05, 4.69) is 25.7 Å². The summed E-state index contributed by atoms with van der Waals surface area (Å²) in [7, 11) is 0. The van der Waals surface area contributed by atoms with Crippen LogP contribution in [0.5, 0.6) is 0 Å². The van der Waals surface area contributed by atoms with Crippen LogP contribution in [-0.2, 0) is 11.3 Å². The molecule has 2 aliphatic rings. The van der Waals surface area contributed by atoms with Crippen LogP contribution >= 0.6 is 0 Å². The molecule has 2 heterocycles. The van der Waals surface area contributed by atoms with E-state index in [1.807, 2.05) is 24.3 Å². The summed E-state index contributed by atoms with van der Waals surface area (Å²) in [4.78, 5) is 26.2. The maximum atomic E-state index is 13.2. The number of carboxylic acid groups (broad SMARTS) is 1. The van der Waals surface area contributed by atoms with Gasteiger partial charge in [0.1, 0.15) is 6.54 Å². The van der Waals surface area contributed by atoms with Crippen molar-refractivity contribution in [3.8, 4) is 0 Å². The van der Waals surface area contributed by atoms with Crippen molar-refractivity contribution in [1.29, 1.82) is 0 Å². The molecule has 138 valence electrons. The molecule has 4 rings (SSSR count). The maximum absolute atomic E-state index is 13.2. The monoisotopic (exact) mass is 354 g/mol. The number of rotatable bonds is 3. The molecular formula is C21H26N2O3. The third-order valence-corrected chi connectivity index (χ3v) is 6.00. The van der Waals surface area contributed by atoms with E-state index in [0.29, 0.717) is 11.6 Å². The molecule has 2 bridgehead atoms. The van der Waals surface area contributed by atoms with Gasteiger partial charge in [-0.05, 0) is 54.4 Å². The molecule has 2 fully saturated rings. The van der Waals surface area contributed by atoms with E-state index in [-0.39, 0.29) is 23.3 Å². The molecule has 2 unspecified atom stereocenters. The number of aromatic nitrogens is 1. The molecule has 1 saturated carbocycles. The summed E-state index contributed by atoms with van der Waals surface area (Å²) in [5.41, 5.74) is 2.04. The molecule has 1 N–H and O–H groups in total. The molecule has 1 aromatic carbocycles. The molecule has 1 aromatic heterocycles. The van der Waals surface area contributed by atoms with Crippen molar-refractivity contribution < 1.29 is 14.7 Å². The van der Waals surface area contributed by atoms with Crippen LogP contribution in [0.3, 0.4) is 0 Å². The summed E-state index contributed by atoms with van der Waals surface area (Å²) >= 11 is 0. The van der Waals surface area contributed by atoms with Crippen molar-refractivity contribution in [2.24, 2.45) is 10.8 Å². The first-order chi connectivity index (χ1) is 12.2. The van der Waals surface area contributed by atoms with Gasteiger partial charge in [0, 0.05) is 35.2 Å². The molecule has 1 amide bonds. The lowest BCUT2D eigenvalue weighted by Gasteiger charge is -2.39. The van der Waals surface area contributed by atoms with E-state index in [0.717, 1.165) is 36.7 Å². The smallest absolute Gasteiger partial charge is 0.323 e. The average Bonchev–Trinajstić information content (AvgIpc) is 3.02. The zero-order valence-corrected chi connectivity index (χ0v) is 15.7.